The standard InChI is InChI=1S/C14H16O11/c1-5(15)21-9-10(22-6(2)16)12(23-7(3)17)14(24-8(4)18)25-11(9)13(19)20/h10,12,14H,1-4H3,(H,19,20)/t10-,12+,14-/m0/s1. The molecule has 25 heavy (non-hydrogen) atoms. The Balaban J connectivity index is 3.48. The minimum atomic E-state index is -1.74. The molecule has 11 nitrogen and oxygen atoms in total. The van der Waals surface area contributed by atoms with Crippen LogP contribution in [0, 0.1) is 0 Å². The van der Waals surface area contributed by atoms with Crippen LogP contribution in [0.2, 0.25) is 0 Å². The predicted molar refractivity (Wildman–Crippen MR) is 74.2 cm³/mol. The van der Waals surface area contributed by atoms with Crippen LogP contribution in [0.25, 0.3) is 0 Å². The first kappa shape index (κ1) is 19.9. The fraction of sp³-hybridized carbons (Fsp3) is 0.500. The zero-order valence-corrected chi connectivity index (χ0v) is 13.8. The Labute approximate surface area is 141 Å². The smallest absolute Gasteiger partial charge is 0.375 e. The summed E-state index contributed by atoms with van der Waals surface area (Å²) in [4.78, 5) is 56.5. The van der Waals surface area contributed by atoms with Crippen molar-refractivity contribution in [3.05, 3.63) is 11.5 Å². The first-order valence-electron chi connectivity index (χ1n) is 6.87. The second-order valence-corrected chi connectivity index (χ2v) is 4.79. The minimum Gasteiger partial charge on any atom is -0.475 e. The van der Waals surface area contributed by atoms with E-state index in [1.165, 1.54) is 0 Å². The van der Waals surface area contributed by atoms with Crippen molar-refractivity contribution in [2.75, 3.05) is 0 Å². The fourth-order valence-corrected chi connectivity index (χ4v) is 1.94. The summed E-state index contributed by atoms with van der Waals surface area (Å²) in [5.74, 6) is -6.93. The van der Waals surface area contributed by atoms with E-state index < -0.39 is 59.9 Å². The fourth-order valence-electron chi connectivity index (χ4n) is 1.94. The minimum absolute atomic E-state index is 0.704. The number of esters is 4. The maximum absolute atomic E-state index is 11.4. The quantitative estimate of drug-likeness (QED) is 0.504. The van der Waals surface area contributed by atoms with Crippen LogP contribution in [0.4, 0.5) is 0 Å². The van der Waals surface area contributed by atoms with Gasteiger partial charge in [0.15, 0.2) is 0 Å². The molecule has 1 rings (SSSR count). The third kappa shape index (κ3) is 5.48. The average molecular weight is 360 g/mol. The van der Waals surface area contributed by atoms with Crippen molar-refractivity contribution in [1.29, 1.82) is 0 Å². The molecule has 1 heterocycles. The van der Waals surface area contributed by atoms with E-state index in [0.29, 0.717) is 0 Å². The predicted octanol–water partition coefficient (Wildman–Crippen LogP) is -0.372. The topological polar surface area (TPSA) is 152 Å². The Morgan fingerprint density at radius 1 is 0.840 bits per heavy atom. The number of carboxylic acids is 1. The average Bonchev–Trinajstić information content (AvgIpc) is 2.42. The van der Waals surface area contributed by atoms with Crippen molar-refractivity contribution in [1.82, 2.24) is 0 Å². The van der Waals surface area contributed by atoms with Crippen molar-refractivity contribution in [2.45, 2.75) is 46.2 Å². The summed E-state index contributed by atoms with van der Waals surface area (Å²) in [5, 5.41) is 9.23. The number of hydrogen-bond donors (Lipinski definition) is 1. The SMILES string of the molecule is CC(=O)OC1=C(C(=O)O)O[C@H](OC(C)=O)[C@H](OC(C)=O)[C@H]1OC(C)=O. The molecule has 0 fully saturated rings. The summed E-state index contributed by atoms with van der Waals surface area (Å²) in [7, 11) is 0. The van der Waals surface area contributed by atoms with Crippen molar-refractivity contribution in [3.8, 4) is 0 Å². The van der Waals surface area contributed by atoms with Gasteiger partial charge in [0.05, 0.1) is 0 Å². The third-order valence-electron chi connectivity index (χ3n) is 2.61. The molecule has 0 aliphatic carbocycles. The van der Waals surface area contributed by atoms with Gasteiger partial charge in [-0.05, 0) is 0 Å². The Morgan fingerprint density at radius 3 is 1.76 bits per heavy atom. The lowest BCUT2D eigenvalue weighted by Gasteiger charge is -2.36. The highest BCUT2D eigenvalue weighted by Gasteiger charge is 2.50. The molecule has 0 radical (unpaired) electrons. The molecule has 0 saturated carbocycles. The highest BCUT2D eigenvalue weighted by atomic mass is 16.7. The lowest BCUT2D eigenvalue weighted by atomic mass is 10.1. The molecule has 0 aromatic heterocycles. The molecule has 0 amide bonds. The van der Waals surface area contributed by atoms with Crippen LogP contribution in [-0.2, 0) is 47.7 Å². The van der Waals surface area contributed by atoms with Gasteiger partial charge < -0.3 is 28.8 Å². The van der Waals surface area contributed by atoms with Crippen LogP contribution >= 0.6 is 0 Å². The normalized spacial score (nSPS) is 22.3. The molecule has 1 aliphatic heterocycles. The van der Waals surface area contributed by atoms with E-state index >= 15 is 0 Å². The molecule has 0 saturated heterocycles. The Bertz CT molecular complexity index is 633. The Hall–Kier alpha value is -3.11. The number of aliphatic carboxylic acids is 1. The van der Waals surface area contributed by atoms with E-state index in [2.05, 4.69) is 0 Å². The van der Waals surface area contributed by atoms with E-state index in [9.17, 15) is 29.1 Å². The number of ether oxygens (including phenoxy) is 5. The van der Waals surface area contributed by atoms with Crippen molar-refractivity contribution >= 4 is 29.8 Å². The number of carbonyl (C=O) groups is 5. The van der Waals surface area contributed by atoms with Gasteiger partial charge in [-0.1, -0.05) is 0 Å². The van der Waals surface area contributed by atoms with Gasteiger partial charge in [0.1, 0.15) is 0 Å². The van der Waals surface area contributed by atoms with Crippen LogP contribution in [-0.4, -0.2) is 53.5 Å². The highest BCUT2D eigenvalue weighted by molar-refractivity contribution is 5.86. The number of rotatable bonds is 5. The molecular weight excluding hydrogens is 344 g/mol. The van der Waals surface area contributed by atoms with E-state index in [-0.39, 0.29) is 0 Å². The second kappa shape index (κ2) is 8.13. The van der Waals surface area contributed by atoms with Gasteiger partial charge in [0.25, 0.3) is 12.0 Å². The Kier molecular flexibility index (Phi) is 6.48. The molecule has 0 bridgehead atoms. The zero-order chi connectivity index (χ0) is 19.3. The van der Waals surface area contributed by atoms with Gasteiger partial charge in [-0.2, -0.15) is 0 Å². The van der Waals surface area contributed by atoms with Gasteiger partial charge in [-0.15, -0.1) is 0 Å². The molecule has 0 spiro atoms. The second-order valence-electron chi connectivity index (χ2n) is 4.79. The summed E-state index contributed by atoms with van der Waals surface area (Å²) < 4.78 is 24.4. The lowest BCUT2D eigenvalue weighted by Crippen LogP contribution is -2.51. The van der Waals surface area contributed by atoms with Crippen LogP contribution in [0.5, 0.6) is 0 Å². The monoisotopic (exact) mass is 360 g/mol. The molecular formula is C14H16O11. The summed E-state index contributed by atoms with van der Waals surface area (Å²) in [6.07, 6.45) is -5.02. The lowest BCUT2D eigenvalue weighted by molar-refractivity contribution is -0.231. The van der Waals surface area contributed by atoms with Crippen LogP contribution in [0.3, 0.4) is 0 Å². The van der Waals surface area contributed by atoms with E-state index in [1.54, 1.807) is 0 Å². The van der Waals surface area contributed by atoms with Crippen molar-refractivity contribution < 1.29 is 52.8 Å². The summed E-state index contributed by atoms with van der Waals surface area (Å²) in [6.45, 7) is 3.97. The molecule has 0 aromatic rings. The molecule has 3 atom stereocenters. The summed E-state index contributed by atoms with van der Waals surface area (Å²) >= 11 is 0. The number of hydrogen-bond acceptors (Lipinski definition) is 10. The van der Waals surface area contributed by atoms with Crippen LogP contribution < -0.4 is 0 Å². The highest BCUT2D eigenvalue weighted by Crippen LogP contribution is 2.31. The first-order valence-corrected chi connectivity index (χ1v) is 6.87. The molecule has 11 heteroatoms. The number of carbonyl (C=O) groups excluding carboxylic acids is 4. The van der Waals surface area contributed by atoms with Crippen molar-refractivity contribution in [3.63, 3.8) is 0 Å². The molecule has 138 valence electrons. The van der Waals surface area contributed by atoms with Gasteiger partial charge in [0, 0.05) is 27.7 Å². The van der Waals surface area contributed by atoms with Gasteiger partial charge in [-0.3, -0.25) is 19.2 Å². The van der Waals surface area contributed by atoms with Crippen LogP contribution in [0.1, 0.15) is 27.7 Å². The van der Waals surface area contributed by atoms with E-state index in [0.717, 1.165) is 27.7 Å². The largest absolute Gasteiger partial charge is 0.475 e. The van der Waals surface area contributed by atoms with E-state index in [1.807, 2.05) is 0 Å². The maximum atomic E-state index is 11.4. The van der Waals surface area contributed by atoms with Gasteiger partial charge >= 0.3 is 29.8 Å². The summed E-state index contributed by atoms with van der Waals surface area (Å²) in [5.41, 5.74) is 0. The van der Waals surface area contributed by atoms with Crippen LogP contribution in [0.15, 0.2) is 11.5 Å². The third-order valence-corrected chi connectivity index (χ3v) is 2.61. The van der Waals surface area contributed by atoms with Crippen molar-refractivity contribution in [2.24, 2.45) is 0 Å². The van der Waals surface area contributed by atoms with Gasteiger partial charge in [-0.25, -0.2) is 4.79 Å². The zero-order valence-electron chi connectivity index (χ0n) is 13.8. The molecule has 1 aliphatic rings. The first-order chi connectivity index (χ1) is 11.5. The molecule has 0 aromatic carbocycles. The van der Waals surface area contributed by atoms with E-state index in [4.69, 9.17) is 23.7 Å². The van der Waals surface area contributed by atoms with Gasteiger partial charge in [0.2, 0.25) is 18.0 Å². The molecule has 0 unspecified atom stereocenters. The Morgan fingerprint density at radius 2 is 1.36 bits per heavy atom. The maximum Gasteiger partial charge on any atom is 0.375 e. The molecule has 1 N–H and O–H groups in total. The summed E-state index contributed by atoms with van der Waals surface area (Å²) in [6, 6.07) is 0. The number of carboxylic acid groups (broad SMARTS) is 1.